The minimum atomic E-state index is -1.19. The second-order valence-corrected chi connectivity index (χ2v) is 5.53. The summed E-state index contributed by atoms with van der Waals surface area (Å²) in [6.45, 7) is 6.06. The predicted octanol–water partition coefficient (Wildman–Crippen LogP) is 3.65. The van der Waals surface area contributed by atoms with E-state index in [-0.39, 0.29) is 16.7 Å². The molecule has 0 aliphatic heterocycles. The standard InChI is InChI=1S/C15H22O4/c1-4-5-6-7-15(2,3)11-8-10(14(18)19)12(16)9-13(11)17/h8-9,16-17H,4-7H2,1-3H3,(H,18,19). The average Bonchev–Trinajstić information content (AvgIpc) is 2.28. The molecular formula is C15H22O4. The molecule has 0 saturated heterocycles. The van der Waals surface area contributed by atoms with Crippen molar-refractivity contribution in [1.29, 1.82) is 0 Å². The van der Waals surface area contributed by atoms with E-state index in [9.17, 15) is 15.0 Å². The predicted molar refractivity (Wildman–Crippen MR) is 73.9 cm³/mol. The first-order valence-corrected chi connectivity index (χ1v) is 6.59. The average molecular weight is 266 g/mol. The minimum Gasteiger partial charge on any atom is -0.508 e. The number of aromatic carboxylic acids is 1. The Kier molecular flexibility index (Phi) is 4.81. The van der Waals surface area contributed by atoms with Gasteiger partial charge in [0.05, 0.1) is 0 Å². The van der Waals surface area contributed by atoms with Crippen LogP contribution in [0.3, 0.4) is 0 Å². The molecule has 3 N–H and O–H groups in total. The number of unbranched alkanes of at least 4 members (excludes halogenated alkanes) is 2. The van der Waals surface area contributed by atoms with Crippen LogP contribution < -0.4 is 0 Å². The van der Waals surface area contributed by atoms with Crippen LogP contribution in [-0.4, -0.2) is 21.3 Å². The number of carboxylic acids is 1. The summed E-state index contributed by atoms with van der Waals surface area (Å²) in [5.41, 5.74) is 0.0760. The van der Waals surface area contributed by atoms with Crippen molar-refractivity contribution in [1.82, 2.24) is 0 Å². The zero-order chi connectivity index (χ0) is 14.6. The van der Waals surface area contributed by atoms with Crippen LogP contribution in [0.25, 0.3) is 0 Å². The lowest BCUT2D eigenvalue weighted by Gasteiger charge is -2.26. The third-order valence-electron chi connectivity index (χ3n) is 3.48. The van der Waals surface area contributed by atoms with Crippen molar-refractivity contribution in [3.05, 3.63) is 23.3 Å². The molecule has 0 fully saturated rings. The Bertz CT molecular complexity index is 463. The molecule has 0 heterocycles. The number of hydrogen-bond donors (Lipinski definition) is 3. The fraction of sp³-hybridized carbons (Fsp3) is 0.533. The van der Waals surface area contributed by atoms with Crippen molar-refractivity contribution in [2.75, 3.05) is 0 Å². The first-order chi connectivity index (χ1) is 8.79. The van der Waals surface area contributed by atoms with E-state index in [1.807, 2.05) is 13.8 Å². The van der Waals surface area contributed by atoms with Gasteiger partial charge in [0, 0.05) is 11.6 Å². The third-order valence-corrected chi connectivity index (χ3v) is 3.48. The van der Waals surface area contributed by atoms with Gasteiger partial charge < -0.3 is 15.3 Å². The first kappa shape index (κ1) is 15.3. The van der Waals surface area contributed by atoms with E-state index in [0.29, 0.717) is 5.56 Å². The Morgan fingerprint density at radius 1 is 1.16 bits per heavy atom. The highest BCUT2D eigenvalue weighted by molar-refractivity contribution is 5.91. The normalized spacial score (nSPS) is 11.5. The fourth-order valence-corrected chi connectivity index (χ4v) is 2.24. The number of aromatic hydroxyl groups is 2. The maximum Gasteiger partial charge on any atom is 0.339 e. The highest BCUT2D eigenvalue weighted by Crippen LogP contribution is 2.38. The van der Waals surface area contributed by atoms with Crippen molar-refractivity contribution in [2.45, 2.75) is 51.9 Å². The van der Waals surface area contributed by atoms with Gasteiger partial charge >= 0.3 is 5.97 Å². The summed E-state index contributed by atoms with van der Waals surface area (Å²) in [7, 11) is 0. The molecule has 0 aromatic heterocycles. The molecule has 106 valence electrons. The molecule has 0 saturated carbocycles. The molecule has 0 atom stereocenters. The minimum absolute atomic E-state index is 0.0519. The number of hydrogen-bond acceptors (Lipinski definition) is 3. The molecule has 0 spiro atoms. The number of phenolic OH excluding ortho intramolecular Hbond substituents is 1. The summed E-state index contributed by atoms with van der Waals surface area (Å²) in [6.07, 6.45) is 4.09. The van der Waals surface area contributed by atoms with E-state index in [1.54, 1.807) is 0 Å². The van der Waals surface area contributed by atoms with Crippen LogP contribution in [0.4, 0.5) is 0 Å². The Hall–Kier alpha value is -1.71. The van der Waals surface area contributed by atoms with Crippen LogP contribution >= 0.6 is 0 Å². The van der Waals surface area contributed by atoms with Gasteiger partial charge in [0.25, 0.3) is 0 Å². The molecule has 1 aromatic rings. The second-order valence-electron chi connectivity index (χ2n) is 5.53. The topological polar surface area (TPSA) is 77.8 Å². The lowest BCUT2D eigenvalue weighted by molar-refractivity contribution is 0.0693. The monoisotopic (exact) mass is 266 g/mol. The maximum absolute atomic E-state index is 11.0. The fourth-order valence-electron chi connectivity index (χ4n) is 2.24. The van der Waals surface area contributed by atoms with Crippen LogP contribution in [0.1, 0.15) is 62.4 Å². The van der Waals surface area contributed by atoms with Crippen molar-refractivity contribution < 1.29 is 20.1 Å². The van der Waals surface area contributed by atoms with E-state index in [1.165, 1.54) is 6.07 Å². The molecule has 4 heteroatoms. The van der Waals surface area contributed by atoms with Crippen LogP contribution in [-0.2, 0) is 5.41 Å². The first-order valence-electron chi connectivity index (χ1n) is 6.59. The highest BCUT2D eigenvalue weighted by Gasteiger charge is 2.26. The summed E-state index contributed by atoms with van der Waals surface area (Å²) in [6, 6.07) is 2.49. The Morgan fingerprint density at radius 2 is 1.79 bits per heavy atom. The van der Waals surface area contributed by atoms with Gasteiger partial charge in [-0.2, -0.15) is 0 Å². The molecular weight excluding hydrogens is 244 g/mol. The van der Waals surface area contributed by atoms with Crippen LogP contribution in [0, 0.1) is 0 Å². The van der Waals surface area contributed by atoms with E-state index in [0.717, 1.165) is 31.7 Å². The van der Waals surface area contributed by atoms with Crippen molar-refractivity contribution >= 4 is 5.97 Å². The molecule has 0 bridgehead atoms. The van der Waals surface area contributed by atoms with Crippen molar-refractivity contribution in [3.8, 4) is 11.5 Å². The highest BCUT2D eigenvalue weighted by atomic mass is 16.4. The van der Waals surface area contributed by atoms with Gasteiger partial charge in [-0.1, -0.05) is 40.0 Å². The Balaban J connectivity index is 3.11. The summed E-state index contributed by atoms with van der Waals surface area (Å²) in [5.74, 6) is -1.65. The lowest BCUT2D eigenvalue weighted by atomic mass is 9.79. The summed E-state index contributed by atoms with van der Waals surface area (Å²) < 4.78 is 0. The number of rotatable bonds is 6. The molecule has 0 amide bonds. The molecule has 0 radical (unpaired) electrons. The van der Waals surface area contributed by atoms with Gasteiger partial charge in [0.2, 0.25) is 0 Å². The van der Waals surface area contributed by atoms with Crippen LogP contribution in [0.2, 0.25) is 0 Å². The molecule has 1 rings (SSSR count). The summed E-state index contributed by atoms with van der Waals surface area (Å²) in [5, 5.41) is 28.5. The molecule has 1 aromatic carbocycles. The second kappa shape index (κ2) is 5.95. The number of benzene rings is 1. The van der Waals surface area contributed by atoms with Crippen molar-refractivity contribution in [3.63, 3.8) is 0 Å². The smallest absolute Gasteiger partial charge is 0.339 e. The maximum atomic E-state index is 11.0. The quantitative estimate of drug-likeness (QED) is 0.687. The number of phenols is 2. The van der Waals surface area contributed by atoms with E-state index in [4.69, 9.17) is 5.11 Å². The Labute approximate surface area is 113 Å². The number of carbonyl (C=O) groups is 1. The van der Waals surface area contributed by atoms with E-state index in [2.05, 4.69) is 6.92 Å². The molecule has 4 nitrogen and oxygen atoms in total. The third kappa shape index (κ3) is 3.63. The molecule has 0 aliphatic rings. The van der Waals surface area contributed by atoms with Gasteiger partial charge in [-0.3, -0.25) is 0 Å². The van der Waals surface area contributed by atoms with Gasteiger partial charge in [0.1, 0.15) is 17.1 Å². The molecule has 0 aliphatic carbocycles. The molecule has 19 heavy (non-hydrogen) atoms. The van der Waals surface area contributed by atoms with E-state index < -0.39 is 11.7 Å². The van der Waals surface area contributed by atoms with Gasteiger partial charge in [-0.25, -0.2) is 4.79 Å². The van der Waals surface area contributed by atoms with Crippen LogP contribution in [0.15, 0.2) is 12.1 Å². The van der Waals surface area contributed by atoms with Gasteiger partial charge in [-0.15, -0.1) is 0 Å². The summed E-state index contributed by atoms with van der Waals surface area (Å²) >= 11 is 0. The number of carboxylic acid groups (broad SMARTS) is 1. The van der Waals surface area contributed by atoms with Crippen molar-refractivity contribution in [2.24, 2.45) is 0 Å². The largest absolute Gasteiger partial charge is 0.508 e. The van der Waals surface area contributed by atoms with E-state index >= 15 is 0 Å². The molecule has 0 unspecified atom stereocenters. The Morgan fingerprint density at radius 3 is 2.32 bits per heavy atom. The van der Waals surface area contributed by atoms with Gasteiger partial charge in [0.15, 0.2) is 0 Å². The zero-order valence-corrected chi connectivity index (χ0v) is 11.7. The zero-order valence-electron chi connectivity index (χ0n) is 11.7. The lowest BCUT2D eigenvalue weighted by Crippen LogP contribution is -2.18. The SMILES string of the molecule is CCCCCC(C)(C)c1cc(C(=O)O)c(O)cc1O. The van der Waals surface area contributed by atoms with Crippen LogP contribution in [0.5, 0.6) is 11.5 Å². The summed E-state index contributed by atoms with van der Waals surface area (Å²) in [4.78, 5) is 11.0. The van der Waals surface area contributed by atoms with Gasteiger partial charge in [-0.05, 0) is 17.9 Å².